The first kappa shape index (κ1) is 17.0. The van der Waals surface area contributed by atoms with Crippen molar-refractivity contribution in [3.63, 3.8) is 0 Å². The maximum Gasteiger partial charge on any atom is 0.191 e. The third-order valence-electron chi connectivity index (χ3n) is 6.19. The Balaban J connectivity index is 1.38. The average Bonchev–Trinajstić information content (AvgIpc) is 3.18. The second-order valence-electron chi connectivity index (χ2n) is 8.29. The molecule has 0 amide bonds. The standard InChI is InChI=1S/C20H31N3O2/c1-14(2)13-22-19(21-10-6-15-5-3-11-24-15)23-17-16-7-12-25-18(16)20(17)8-4-9-20/h3,5,11,14,16-18H,4,6-10,12-13H2,1-2H3,(H2,21,22,23). The van der Waals surface area contributed by atoms with Crippen molar-refractivity contribution in [1.29, 1.82) is 0 Å². The third-order valence-corrected chi connectivity index (χ3v) is 6.19. The number of hydrogen-bond donors (Lipinski definition) is 2. The quantitative estimate of drug-likeness (QED) is 0.615. The molecule has 3 fully saturated rings. The maximum absolute atomic E-state index is 6.04. The Kier molecular flexibility index (Phi) is 4.76. The van der Waals surface area contributed by atoms with Gasteiger partial charge in [-0.25, -0.2) is 0 Å². The van der Waals surface area contributed by atoms with Gasteiger partial charge in [0.1, 0.15) is 5.76 Å². The molecule has 138 valence electrons. The number of rotatable bonds is 6. The Morgan fingerprint density at radius 2 is 2.28 bits per heavy atom. The number of hydrogen-bond acceptors (Lipinski definition) is 3. The summed E-state index contributed by atoms with van der Waals surface area (Å²) in [4.78, 5) is 4.83. The summed E-state index contributed by atoms with van der Waals surface area (Å²) in [6.07, 6.45) is 8.23. The first-order valence-electron chi connectivity index (χ1n) is 9.88. The molecule has 3 atom stereocenters. The minimum atomic E-state index is 0.377. The minimum absolute atomic E-state index is 0.377. The molecule has 2 saturated carbocycles. The van der Waals surface area contributed by atoms with Crippen LogP contribution in [0.4, 0.5) is 0 Å². The summed E-state index contributed by atoms with van der Waals surface area (Å²) in [6.45, 7) is 7.03. The molecule has 4 rings (SSSR count). The molecule has 2 heterocycles. The van der Waals surface area contributed by atoms with Gasteiger partial charge in [-0.2, -0.15) is 0 Å². The number of aliphatic imine (C=N–C) groups is 1. The second-order valence-corrected chi connectivity index (χ2v) is 8.29. The van der Waals surface area contributed by atoms with Crippen LogP contribution < -0.4 is 10.6 Å². The highest BCUT2D eigenvalue weighted by Gasteiger charge is 2.66. The molecular weight excluding hydrogens is 314 g/mol. The number of ether oxygens (including phenoxy) is 1. The fourth-order valence-electron chi connectivity index (χ4n) is 4.79. The van der Waals surface area contributed by atoms with Gasteiger partial charge in [-0.05, 0) is 37.3 Å². The van der Waals surface area contributed by atoms with E-state index in [1.165, 1.54) is 25.7 Å². The van der Waals surface area contributed by atoms with Crippen molar-refractivity contribution >= 4 is 5.96 Å². The Labute approximate surface area is 150 Å². The van der Waals surface area contributed by atoms with E-state index in [9.17, 15) is 0 Å². The predicted octanol–water partition coefficient (Wildman–Crippen LogP) is 2.97. The summed E-state index contributed by atoms with van der Waals surface area (Å²) in [5.74, 6) is 3.20. The van der Waals surface area contributed by atoms with Crippen molar-refractivity contribution in [2.45, 2.75) is 58.1 Å². The van der Waals surface area contributed by atoms with Crippen LogP contribution in [0.3, 0.4) is 0 Å². The van der Waals surface area contributed by atoms with E-state index in [1.807, 2.05) is 12.1 Å². The molecule has 3 aliphatic rings. The lowest BCUT2D eigenvalue weighted by molar-refractivity contribution is -0.171. The molecule has 0 radical (unpaired) electrons. The van der Waals surface area contributed by atoms with Crippen LogP contribution in [0.15, 0.2) is 27.8 Å². The fraction of sp³-hybridized carbons (Fsp3) is 0.750. The molecule has 0 bridgehead atoms. The summed E-state index contributed by atoms with van der Waals surface area (Å²) in [5.41, 5.74) is 0.377. The van der Waals surface area contributed by atoms with Crippen LogP contribution in [-0.2, 0) is 11.2 Å². The van der Waals surface area contributed by atoms with Crippen molar-refractivity contribution in [2.24, 2.45) is 22.2 Å². The lowest BCUT2D eigenvalue weighted by Gasteiger charge is -2.63. The Morgan fingerprint density at radius 1 is 1.40 bits per heavy atom. The Bertz CT molecular complexity index is 592. The van der Waals surface area contributed by atoms with Crippen LogP contribution in [-0.4, -0.2) is 37.8 Å². The van der Waals surface area contributed by atoms with Gasteiger partial charge in [0, 0.05) is 43.5 Å². The van der Waals surface area contributed by atoms with Crippen molar-refractivity contribution in [3.05, 3.63) is 24.2 Å². The lowest BCUT2D eigenvalue weighted by atomic mass is 9.46. The number of nitrogens with one attached hydrogen (secondary N) is 2. The minimum Gasteiger partial charge on any atom is -0.469 e. The summed E-state index contributed by atoms with van der Waals surface area (Å²) in [7, 11) is 0. The molecule has 3 unspecified atom stereocenters. The monoisotopic (exact) mass is 345 g/mol. The highest BCUT2D eigenvalue weighted by molar-refractivity contribution is 5.80. The molecule has 1 spiro atoms. The number of furan rings is 1. The summed E-state index contributed by atoms with van der Waals surface area (Å²) >= 11 is 0. The first-order valence-corrected chi connectivity index (χ1v) is 9.88. The summed E-state index contributed by atoms with van der Waals surface area (Å²) in [5, 5.41) is 7.30. The van der Waals surface area contributed by atoms with E-state index in [4.69, 9.17) is 14.1 Å². The molecule has 5 heteroatoms. The van der Waals surface area contributed by atoms with Crippen LogP contribution >= 0.6 is 0 Å². The van der Waals surface area contributed by atoms with Gasteiger partial charge in [-0.1, -0.05) is 20.3 Å². The maximum atomic E-state index is 6.04. The Morgan fingerprint density at radius 3 is 2.96 bits per heavy atom. The van der Waals surface area contributed by atoms with Gasteiger partial charge in [0.05, 0.1) is 12.4 Å². The highest BCUT2D eigenvalue weighted by atomic mass is 16.5. The van der Waals surface area contributed by atoms with Crippen LogP contribution in [0.5, 0.6) is 0 Å². The predicted molar refractivity (Wildman–Crippen MR) is 98.6 cm³/mol. The van der Waals surface area contributed by atoms with E-state index < -0.39 is 0 Å². The zero-order chi connectivity index (χ0) is 17.3. The topological polar surface area (TPSA) is 58.8 Å². The first-order chi connectivity index (χ1) is 12.2. The van der Waals surface area contributed by atoms with Crippen LogP contribution in [0.2, 0.25) is 0 Å². The summed E-state index contributed by atoms with van der Waals surface area (Å²) < 4.78 is 11.5. The molecule has 5 nitrogen and oxygen atoms in total. The van der Waals surface area contributed by atoms with Gasteiger partial charge >= 0.3 is 0 Å². The van der Waals surface area contributed by atoms with Gasteiger partial charge in [0.25, 0.3) is 0 Å². The van der Waals surface area contributed by atoms with Gasteiger partial charge in [-0.3, -0.25) is 4.99 Å². The van der Waals surface area contributed by atoms with E-state index in [1.54, 1.807) is 6.26 Å². The molecule has 2 aliphatic carbocycles. The molecular formula is C20H31N3O2. The molecule has 25 heavy (non-hydrogen) atoms. The second kappa shape index (κ2) is 7.02. The van der Waals surface area contributed by atoms with Gasteiger partial charge in [-0.15, -0.1) is 0 Å². The Hall–Kier alpha value is -1.49. The van der Waals surface area contributed by atoms with Gasteiger partial charge in [0.2, 0.25) is 0 Å². The molecule has 1 aromatic heterocycles. The van der Waals surface area contributed by atoms with E-state index in [0.717, 1.165) is 37.8 Å². The number of guanidine groups is 1. The van der Waals surface area contributed by atoms with Crippen LogP contribution in [0.25, 0.3) is 0 Å². The van der Waals surface area contributed by atoms with Crippen molar-refractivity contribution in [2.75, 3.05) is 19.7 Å². The van der Waals surface area contributed by atoms with Gasteiger partial charge in [0.15, 0.2) is 5.96 Å². The van der Waals surface area contributed by atoms with E-state index in [0.29, 0.717) is 29.4 Å². The summed E-state index contributed by atoms with van der Waals surface area (Å²) in [6, 6.07) is 4.49. The smallest absolute Gasteiger partial charge is 0.191 e. The highest BCUT2D eigenvalue weighted by Crippen LogP contribution is 2.62. The van der Waals surface area contributed by atoms with Crippen LogP contribution in [0, 0.1) is 17.3 Å². The van der Waals surface area contributed by atoms with E-state index in [2.05, 4.69) is 24.5 Å². The van der Waals surface area contributed by atoms with Crippen molar-refractivity contribution < 1.29 is 9.15 Å². The normalized spacial score (nSPS) is 30.0. The fourth-order valence-corrected chi connectivity index (χ4v) is 4.79. The molecule has 0 aromatic carbocycles. The molecule has 1 aliphatic heterocycles. The largest absolute Gasteiger partial charge is 0.469 e. The molecule has 2 N–H and O–H groups in total. The number of fused-ring (bicyclic) bond motifs is 2. The average molecular weight is 345 g/mol. The van der Waals surface area contributed by atoms with Crippen LogP contribution in [0.1, 0.15) is 45.3 Å². The molecule has 1 saturated heterocycles. The van der Waals surface area contributed by atoms with Crippen molar-refractivity contribution in [3.8, 4) is 0 Å². The van der Waals surface area contributed by atoms with E-state index >= 15 is 0 Å². The third kappa shape index (κ3) is 3.19. The van der Waals surface area contributed by atoms with Gasteiger partial charge < -0.3 is 19.8 Å². The SMILES string of the molecule is CC(C)CN=C(NCCc1ccco1)NC1C2CCOC2C12CCC2. The molecule has 1 aromatic rings. The lowest BCUT2D eigenvalue weighted by Crippen LogP contribution is -2.72. The zero-order valence-electron chi connectivity index (χ0n) is 15.5. The van der Waals surface area contributed by atoms with Crippen molar-refractivity contribution in [1.82, 2.24) is 10.6 Å². The van der Waals surface area contributed by atoms with E-state index in [-0.39, 0.29) is 0 Å². The zero-order valence-corrected chi connectivity index (χ0v) is 15.5. The number of nitrogens with zero attached hydrogens (tertiary/aromatic N) is 1.